The van der Waals surface area contributed by atoms with Gasteiger partial charge in [-0.05, 0) is 52.0 Å². The molecule has 0 saturated carbocycles. The van der Waals surface area contributed by atoms with E-state index >= 15 is 0 Å². The van der Waals surface area contributed by atoms with Crippen LogP contribution < -0.4 is 21.7 Å². The van der Waals surface area contributed by atoms with E-state index in [0.717, 1.165) is 51.4 Å². The summed E-state index contributed by atoms with van der Waals surface area (Å²) in [6.07, 6.45) is 8.73. The Labute approximate surface area is 164 Å². The molecule has 0 saturated heterocycles. The zero-order valence-electron chi connectivity index (χ0n) is 17.3. The molecule has 0 heterocycles. The quantitative estimate of drug-likeness (QED) is 0.287. The molecule has 27 heavy (non-hydrogen) atoms. The molecule has 1 unspecified atom stereocenters. The fourth-order valence-corrected chi connectivity index (χ4v) is 2.77. The standard InChI is InChI=1S/C20H40N4O3/c1-3-5-7-14-19(26)24-17(12-9-10-15-21)20(27)23-16-11-6-8-13-18(25)22-4-2/h17H,3-16,21H2,1-2H3,(H,22,25)(H,23,27)(H,24,26). The average molecular weight is 385 g/mol. The molecule has 0 aromatic carbocycles. The van der Waals surface area contributed by atoms with Crippen LogP contribution in [0, 0.1) is 0 Å². The maximum Gasteiger partial charge on any atom is 0.242 e. The van der Waals surface area contributed by atoms with Crippen LogP contribution >= 0.6 is 0 Å². The van der Waals surface area contributed by atoms with E-state index in [4.69, 9.17) is 5.73 Å². The van der Waals surface area contributed by atoms with Gasteiger partial charge in [0.15, 0.2) is 0 Å². The topological polar surface area (TPSA) is 113 Å². The van der Waals surface area contributed by atoms with E-state index in [0.29, 0.717) is 38.9 Å². The summed E-state index contributed by atoms with van der Waals surface area (Å²) in [5, 5.41) is 8.55. The van der Waals surface area contributed by atoms with Crippen LogP contribution in [0.25, 0.3) is 0 Å². The van der Waals surface area contributed by atoms with E-state index in [1.165, 1.54) is 0 Å². The molecule has 7 nitrogen and oxygen atoms in total. The number of rotatable bonds is 17. The number of amides is 3. The highest BCUT2D eigenvalue weighted by Crippen LogP contribution is 2.04. The smallest absolute Gasteiger partial charge is 0.242 e. The molecule has 3 amide bonds. The van der Waals surface area contributed by atoms with Crippen molar-refractivity contribution in [2.24, 2.45) is 5.73 Å². The van der Waals surface area contributed by atoms with Crippen molar-refractivity contribution in [3.05, 3.63) is 0 Å². The summed E-state index contributed by atoms with van der Waals surface area (Å²) >= 11 is 0. The minimum atomic E-state index is -0.485. The van der Waals surface area contributed by atoms with Gasteiger partial charge in [-0.1, -0.05) is 26.2 Å². The summed E-state index contributed by atoms with van der Waals surface area (Å²) in [7, 11) is 0. The molecule has 0 aromatic rings. The second-order valence-corrected chi connectivity index (χ2v) is 6.92. The molecule has 0 radical (unpaired) electrons. The number of carbonyl (C=O) groups excluding carboxylic acids is 3. The van der Waals surface area contributed by atoms with Gasteiger partial charge in [-0.3, -0.25) is 14.4 Å². The van der Waals surface area contributed by atoms with Gasteiger partial charge in [-0.2, -0.15) is 0 Å². The molecule has 0 bridgehead atoms. The SMILES string of the molecule is CCCCCC(=O)NC(CCCCN)C(=O)NCCCCCC(=O)NCC. The zero-order chi connectivity index (χ0) is 20.3. The van der Waals surface area contributed by atoms with Gasteiger partial charge in [0.25, 0.3) is 0 Å². The molecule has 0 aliphatic rings. The fourth-order valence-electron chi connectivity index (χ4n) is 2.77. The van der Waals surface area contributed by atoms with E-state index in [1.807, 2.05) is 6.92 Å². The normalized spacial score (nSPS) is 11.7. The lowest BCUT2D eigenvalue weighted by atomic mass is 10.1. The third-order valence-corrected chi connectivity index (χ3v) is 4.36. The van der Waals surface area contributed by atoms with Crippen LogP contribution in [0.2, 0.25) is 0 Å². The summed E-state index contributed by atoms with van der Waals surface area (Å²) in [5.41, 5.74) is 5.52. The molecule has 0 fully saturated rings. The van der Waals surface area contributed by atoms with Crippen LogP contribution in [0.15, 0.2) is 0 Å². The second kappa shape index (κ2) is 17.8. The Morgan fingerprint density at radius 1 is 0.815 bits per heavy atom. The van der Waals surface area contributed by atoms with Crippen LogP contribution in [0.4, 0.5) is 0 Å². The lowest BCUT2D eigenvalue weighted by Gasteiger charge is -2.18. The Balaban J connectivity index is 4.14. The molecule has 7 heteroatoms. The van der Waals surface area contributed by atoms with Crippen molar-refractivity contribution < 1.29 is 14.4 Å². The lowest BCUT2D eigenvalue weighted by Crippen LogP contribution is -2.47. The van der Waals surface area contributed by atoms with Crippen LogP contribution in [-0.4, -0.2) is 43.4 Å². The molecule has 0 aromatic heterocycles. The maximum absolute atomic E-state index is 12.4. The predicted octanol–water partition coefficient (Wildman–Crippen LogP) is 1.99. The largest absolute Gasteiger partial charge is 0.356 e. The molecule has 0 aliphatic carbocycles. The van der Waals surface area contributed by atoms with E-state index in [9.17, 15) is 14.4 Å². The number of nitrogens with one attached hydrogen (secondary N) is 3. The highest BCUT2D eigenvalue weighted by molar-refractivity contribution is 5.87. The van der Waals surface area contributed by atoms with Crippen molar-refractivity contribution in [2.45, 2.75) is 90.5 Å². The Bertz CT molecular complexity index is 416. The minimum Gasteiger partial charge on any atom is -0.356 e. The van der Waals surface area contributed by atoms with Crippen LogP contribution in [0.3, 0.4) is 0 Å². The first kappa shape index (κ1) is 25.4. The average Bonchev–Trinajstić information content (AvgIpc) is 2.64. The number of nitrogens with two attached hydrogens (primary N) is 1. The monoisotopic (exact) mass is 384 g/mol. The molecule has 0 aliphatic heterocycles. The van der Waals surface area contributed by atoms with E-state index in [1.54, 1.807) is 0 Å². The molecule has 158 valence electrons. The van der Waals surface area contributed by atoms with Crippen molar-refractivity contribution in [2.75, 3.05) is 19.6 Å². The zero-order valence-corrected chi connectivity index (χ0v) is 17.3. The van der Waals surface area contributed by atoms with Crippen LogP contribution in [0.5, 0.6) is 0 Å². The van der Waals surface area contributed by atoms with Gasteiger partial charge in [-0.25, -0.2) is 0 Å². The second-order valence-electron chi connectivity index (χ2n) is 6.92. The Hall–Kier alpha value is -1.63. The van der Waals surface area contributed by atoms with Crippen molar-refractivity contribution in [3.8, 4) is 0 Å². The molecule has 0 spiro atoms. The van der Waals surface area contributed by atoms with E-state index in [2.05, 4.69) is 22.9 Å². The molecule has 1 atom stereocenters. The van der Waals surface area contributed by atoms with Gasteiger partial charge in [0.1, 0.15) is 6.04 Å². The summed E-state index contributed by atoms with van der Waals surface area (Å²) in [4.78, 5) is 35.8. The Kier molecular flexibility index (Phi) is 16.7. The van der Waals surface area contributed by atoms with Gasteiger partial charge < -0.3 is 21.7 Å². The highest BCUT2D eigenvalue weighted by atomic mass is 16.2. The van der Waals surface area contributed by atoms with Gasteiger partial charge in [-0.15, -0.1) is 0 Å². The summed E-state index contributed by atoms with van der Waals surface area (Å²) in [6, 6.07) is -0.485. The third kappa shape index (κ3) is 15.2. The van der Waals surface area contributed by atoms with Crippen LogP contribution in [0.1, 0.15) is 84.5 Å². The van der Waals surface area contributed by atoms with Crippen molar-refractivity contribution in [3.63, 3.8) is 0 Å². The minimum absolute atomic E-state index is 0.0571. The predicted molar refractivity (Wildman–Crippen MR) is 109 cm³/mol. The lowest BCUT2D eigenvalue weighted by molar-refractivity contribution is -0.129. The fraction of sp³-hybridized carbons (Fsp3) is 0.850. The summed E-state index contributed by atoms with van der Waals surface area (Å²) in [5.74, 6) is -0.106. The third-order valence-electron chi connectivity index (χ3n) is 4.36. The van der Waals surface area contributed by atoms with Crippen molar-refractivity contribution in [1.29, 1.82) is 0 Å². The Morgan fingerprint density at radius 2 is 1.52 bits per heavy atom. The highest BCUT2D eigenvalue weighted by Gasteiger charge is 2.19. The van der Waals surface area contributed by atoms with Crippen molar-refractivity contribution in [1.82, 2.24) is 16.0 Å². The van der Waals surface area contributed by atoms with Gasteiger partial charge in [0, 0.05) is 25.9 Å². The van der Waals surface area contributed by atoms with Crippen LogP contribution in [-0.2, 0) is 14.4 Å². The first-order chi connectivity index (χ1) is 13.0. The van der Waals surface area contributed by atoms with Gasteiger partial charge in [0.05, 0.1) is 0 Å². The number of unbranched alkanes of at least 4 members (excludes halogenated alkanes) is 5. The van der Waals surface area contributed by atoms with E-state index < -0.39 is 6.04 Å². The molecular weight excluding hydrogens is 344 g/mol. The number of hydrogen-bond acceptors (Lipinski definition) is 4. The molecule has 5 N–H and O–H groups in total. The maximum atomic E-state index is 12.4. The summed E-state index contributed by atoms with van der Waals surface area (Å²) < 4.78 is 0. The molecular formula is C20H40N4O3. The van der Waals surface area contributed by atoms with Gasteiger partial charge in [0.2, 0.25) is 17.7 Å². The summed E-state index contributed by atoms with van der Waals surface area (Å²) in [6.45, 7) is 5.81. The Morgan fingerprint density at radius 3 is 2.19 bits per heavy atom. The van der Waals surface area contributed by atoms with E-state index in [-0.39, 0.29) is 17.7 Å². The van der Waals surface area contributed by atoms with Gasteiger partial charge >= 0.3 is 0 Å². The number of hydrogen-bond donors (Lipinski definition) is 4. The first-order valence-corrected chi connectivity index (χ1v) is 10.6. The first-order valence-electron chi connectivity index (χ1n) is 10.6. The number of carbonyl (C=O) groups is 3. The van der Waals surface area contributed by atoms with Crippen molar-refractivity contribution >= 4 is 17.7 Å². The molecule has 0 rings (SSSR count).